The van der Waals surface area contributed by atoms with Crippen molar-refractivity contribution >= 4 is 11.9 Å². The summed E-state index contributed by atoms with van der Waals surface area (Å²) in [5, 5.41) is 19.0. The van der Waals surface area contributed by atoms with Crippen LogP contribution in [0.25, 0.3) is 0 Å². The summed E-state index contributed by atoms with van der Waals surface area (Å²) < 4.78 is 5.53. The van der Waals surface area contributed by atoms with Crippen molar-refractivity contribution in [3.05, 3.63) is 29.3 Å². The van der Waals surface area contributed by atoms with Crippen LogP contribution in [0.3, 0.4) is 0 Å². The maximum absolute atomic E-state index is 11.6. The van der Waals surface area contributed by atoms with Crippen LogP contribution in [0.5, 0.6) is 5.75 Å². The molecule has 2 N–H and O–H groups in total. The summed E-state index contributed by atoms with van der Waals surface area (Å²) in [6, 6.07) is 5.01. The topological polar surface area (TPSA) is 83.8 Å². The second kappa shape index (κ2) is 5.76. The molecular formula is C16H22O5. The van der Waals surface area contributed by atoms with Crippen molar-refractivity contribution < 1.29 is 24.5 Å². The quantitative estimate of drug-likeness (QED) is 0.842. The summed E-state index contributed by atoms with van der Waals surface area (Å²) in [5.74, 6) is -1.63. The monoisotopic (exact) mass is 294 g/mol. The maximum atomic E-state index is 11.6. The van der Waals surface area contributed by atoms with Crippen molar-refractivity contribution in [2.24, 2.45) is 0 Å². The van der Waals surface area contributed by atoms with E-state index in [1.807, 2.05) is 0 Å². The summed E-state index contributed by atoms with van der Waals surface area (Å²) >= 11 is 0. The summed E-state index contributed by atoms with van der Waals surface area (Å²) in [6.45, 7) is 8.39. The molecule has 0 saturated carbocycles. The van der Waals surface area contributed by atoms with Crippen LogP contribution in [0.4, 0.5) is 0 Å². The van der Waals surface area contributed by atoms with E-state index < -0.39 is 22.8 Å². The smallest absolute Gasteiger partial charge is 0.313 e. The molecule has 0 bridgehead atoms. The number of carboxylic acid groups (broad SMARTS) is 2. The molecule has 0 aliphatic carbocycles. The van der Waals surface area contributed by atoms with Gasteiger partial charge in [-0.3, -0.25) is 9.59 Å². The van der Waals surface area contributed by atoms with Gasteiger partial charge in [0.1, 0.15) is 5.75 Å². The van der Waals surface area contributed by atoms with Crippen molar-refractivity contribution in [3.63, 3.8) is 0 Å². The van der Waals surface area contributed by atoms with Crippen molar-refractivity contribution in [2.75, 3.05) is 6.61 Å². The molecule has 5 nitrogen and oxygen atoms in total. The van der Waals surface area contributed by atoms with Gasteiger partial charge in [0.2, 0.25) is 0 Å². The van der Waals surface area contributed by atoms with Gasteiger partial charge in [-0.25, -0.2) is 0 Å². The predicted molar refractivity (Wildman–Crippen MR) is 78.9 cm³/mol. The molecule has 1 aromatic rings. The van der Waals surface area contributed by atoms with Gasteiger partial charge in [-0.15, -0.1) is 0 Å². The second-order valence-corrected chi connectivity index (χ2v) is 5.97. The van der Waals surface area contributed by atoms with Gasteiger partial charge in [-0.1, -0.05) is 12.1 Å². The van der Waals surface area contributed by atoms with Gasteiger partial charge < -0.3 is 14.9 Å². The first-order chi connectivity index (χ1) is 9.56. The van der Waals surface area contributed by atoms with E-state index in [2.05, 4.69) is 0 Å². The maximum Gasteiger partial charge on any atom is 0.313 e. The fourth-order valence-electron chi connectivity index (χ4n) is 2.19. The SMILES string of the molecule is CCOc1cccc(C(C)(C)C(=O)O)c1C(C)(C)C(=O)O. The normalized spacial score (nSPS) is 12.0. The van der Waals surface area contributed by atoms with E-state index in [4.69, 9.17) is 4.74 Å². The minimum Gasteiger partial charge on any atom is -0.494 e. The molecule has 1 aromatic carbocycles. The lowest BCUT2D eigenvalue weighted by molar-refractivity contribution is -0.144. The number of rotatable bonds is 6. The van der Waals surface area contributed by atoms with E-state index in [-0.39, 0.29) is 0 Å². The minimum absolute atomic E-state index is 0.375. The predicted octanol–water partition coefficient (Wildman–Crippen LogP) is 2.81. The van der Waals surface area contributed by atoms with Gasteiger partial charge in [0, 0.05) is 5.56 Å². The standard InChI is InChI=1S/C16H22O5/c1-6-21-11-9-7-8-10(15(2,3)13(17)18)12(11)16(4,5)14(19)20/h7-9H,6H2,1-5H3,(H,17,18)(H,19,20). The first kappa shape index (κ1) is 17.0. The Hall–Kier alpha value is -2.04. The third-order valence-corrected chi connectivity index (χ3v) is 3.69. The summed E-state index contributed by atoms with van der Waals surface area (Å²) in [4.78, 5) is 23.2. The van der Waals surface area contributed by atoms with Crippen molar-refractivity contribution in [3.8, 4) is 5.75 Å². The Balaban J connectivity index is 3.71. The Labute approximate surface area is 124 Å². The van der Waals surface area contributed by atoms with Gasteiger partial charge in [-0.2, -0.15) is 0 Å². The van der Waals surface area contributed by atoms with Crippen LogP contribution in [-0.4, -0.2) is 28.8 Å². The molecule has 0 saturated heterocycles. The van der Waals surface area contributed by atoms with Gasteiger partial charge in [0.05, 0.1) is 17.4 Å². The van der Waals surface area contributed by atoms with E-state index in [1.54, 1.807) is 52.8 Å². The lowest BCUT2D eigenvalue weighted by Crippen LogP contribution is -2.36. The second-order valence-electron chi connectivity index (χ2n) is 5.97. The molecule has 0 aliphatic heterocycles. The Bertz CT molecular complexity index is 558. The van der Waals surface area contributed by atoms with Crippen LogP contribution in [0.1, 0.15) is 45.7 Å². The molecule has 1 rings (SSSR count). The van der Waals surface area contributed by atoms with Gasteiger partial charge in [0.15, 0.2) is 0 Å². The van der Waals surface area contributed by atoms with E-state index in [0.29, 0.717) is 23.5 Å². The lowest BCUT2D eigenvalue weighted by Gasteiger charge is -2.31. The number of benzene rings is 1. The molecule has 0 radical (unpaired) electrons. The van der Waals surface area contributed by atoms with Gasteiger partial charge in [-0.05, 0) is 46.2 Å². The number of hydrogen-bond acceptors (Lipinski definition) is 3. The summed E-state index contributed by atoms with van der Waals surface area (Å²) in [5.41, 5.74) is -1.61. The van der Waals surface area contributed by atoms with E-state index in [9.17, 15) is 19.8 Å². The molecule has 0 amide bonds. The molecule has 0 aliphatic rings. The van der Waals surface area contributed by atoms with E-state index >= 15 is 0 Å². The number of aliphatic carboxylic acids is 2. The number of carbonyl (C=O) groups is 2. The van der Waals surface area contributed by atoms with Crippen molar-refractivity contribution in [2.45, 2.75) is 45.4 Å². The van der Waals surface area contributed by atoms with E-state index in [1.165, 1.54) is 0 Å². The zero-order valence-corrected chi connectivity index (χ0v) is 13.1. The molecule has 0 heterocycles. The molecule has 0 spiro atoms. The molecule has 0 atom stereocenters. The third-order valence-electron chi connectivity index (χ3n) is 3.69. The van der Waals surface area contributed by atoms with Crippen molar-refractivity contribution in [1.29, 1.82) is 0 Å². The van der Waals surface area contributed by atoms with E-state index in [0.717, 1.165) is 0 Å². The average Bonchev–Trinajstić information content (AvgIpc) is 2.38. The fraction of sp³-hybridized carbons (Fsp3) is 0.500. The molecule has 5 heteroatoms. The van der Waals surface area contributed by atoms with Gasteiger partial charge >= 0.3 is 11.9 Å². The molecule has 0 aromatic heterocycles. The largest absolute Gasteiger partial charge is 0.494 e. The molecular weight excluding hydrogens is 272 g/mol. The van der Waals surface area contributed by atoms with Crippen LogP contribution in [-0.2, 0) is 20.4 Å². The summed E-state index contributed by atoms with van der Waals surface area (Å²) in [7, 11) is 0. The van der Waals surface area contributed by atoms with Crippen LogP contribution in [0, 0.1) is 0 Å². The summed E-state index contributed by atoms with van der Waals surface area (Å²) in [6.07, 6.45) is 0. The highest BCUT2D eigenvalue weighted by atomic mass is 16.5. The highest BCUT2D eigenvalue weighted by Gasteiger charge is 2.41. The number of hydrogen-bond donors (Lipinski definition) is 2. The highest BCUT2D eigenvalue weighted by molar-refractivity contribution is 5.86. The van der Waals surface area contributed by atoms with Crippen LogP contribution in [0.15, 0.2) is 18.2 Å². The van der Waals surface area contributed by atoms with Crippen molar-refractivity contribution in [1.82, 2.24) is 0 Å². The Morgan fingerprint density at radius 3 is 2.00 bits per heavy atom. The zero-order chi connectivity index (χ0) is 16.4. The molecule has 0 unspecified atom stereocenters. The van der Waals surface area contributed by atoms with Gasteiger partial charge in [0.25, 0.3) is 0 Å². The zero-order valence-electron chi connectivity index (χ0n) is 13.1. The first-order valence-electron chi connectivity index (χ1n) is 6.80. The fourth-order valence-corrected chi connectivity index (χ4v) is 2.19. The lowest BCUT2D eigenvalue weighted by atomic mass is 9.73. The third kappa shape index (κ3) is 3.01. The van der Waals surface area contributed by atoms with Crippen LogP contribution in [0.2, 0.25) is 0 Å². The Morgan fingerprint density at radius 2 is 1.57 bits per heavy atom. The number of carboxylic acids is 2. The van der Waals surface area contributed by atoms with Crippen LogP contribution >= 0.6 is 0 Å². The molecule has 21 heavy (non-hydrogen) atoms. The molecule has 0 fully saturated rings. The Kier molecular flexibility index (Phi) is 4.66. The average molecular weight is 294 g/mol. The highest BCUT2D eigenvalue weighted by Crippen LogP contribution is 2.40. The van der Waals surface area contributed by atoms with Crippen LogP contribution < -0.4 is 4.74 Å². The first-order valence-corrected chi connectivity index (χ1v) is 6.80. The Morgan fingerprint density at radius 1 is 1.05 bits per heavy atom. The minimum atomic E-state index is -1.26. The number of ether oxygens (including phenoxy) is 1. The molecule has 116 valence electrons.